The van der Waals surface area contributed by atoms with Crippen molar-refractivity contribution in [2.75, 3.05) is 5.73 Å². The molecule has 0 aromatic heterocycles. The number of hydrogen-bond acceptors (Lipinski definition) is 4. The van der Waals surface area contributed by atoms with Crippen molar-refractivity contribution in [3.8, 4) is 22.4 Å². The van der Waals surface area contributed by atoms with Crippen molar-refractivity contribution in [1.29, 1.82) is 0 Å². The summed E-state index contributed by atoms with van der Waals surface area (Å²) in [6.07, 6.45) is 5.13. The van der Waals surface area contributed by atoms with Crippen LogP contribution in [0.25, 0.3) is 28.5 Å². The van der Waals surface area contributed by atoms with Crippen molar-refractivity contribution < 1.29 is 0 Å². The molecule has 0 saturated heterocycles. The highest BCUT2D eigenvalue weighted by molar-refractivity contribution is 5.88. The quantitative estimate of drug-likeness (QED) is 0.708. The average Bonchev–Trinajstić information content (AvgIpc) is 2.83. The number of nitrogens with two attached hydrogens (primary N) is 1. The minimum atomic E-state index is 0.707. The monoisotopic (exact) mass is 248 g/mol. The van der Waals surface area contributed by atoms with E-state index in [2.05, 4.69) is 21.8 Å². The van der Waals surface area contributed by atoms with Crippen LogP contribution in [-0.4, -0.2) is 15.2 Å². The Kier molecular flexibility index (Phi) is 2.68. The molecule has 1 aromatic carbocycles. The first kappa shape index (κ1) is 11.3. The third-order valence-electron chi connectivity index (χ3n) is 3.03. The number of benzene rings is 1. The first-order valence-corrected chi connectivity index (χ1v) is 5.89. The molecule has 2 N–H and O–H groups in total. The number of nitrogen functional groups attached to an aromatic ring is 1. The van der Waals surface area contributed by atoms with Gasteiger partial charge in [-0.15, -0.1) is 5.10 Å². The minimum Gasteiger partial charge on any atom is -0.398 e. The Bertz CT molecular complexity index is 721. The van der Waals surface area contributed by atoms with E-state index in [-0.39, 0.29) is 0 Å². The fraction of sp³-hybridized carbons (Fsp3) is 0. The fourth-order valence-corrected chi connectivity index (χ4v) is 2.11. The molecule has 0 bridgehead atoms. The van der Waals surface area contributed by atoms with Crippen molar-refractivity contribution in [2.24, 2.45) is 0 Å². The van der Waals surface area contributed by atoms with Gasteiger partial charge in [0, 0.05) is 28.6 Å². The topological polar surface area (TPSA) is 64.7 Å². The van der Waals surface area contributed by atoms with Crippen molar-refractivity contribution in [3.05, 3.63) is 55.0 Å². The van der Waals surface area contributed by atoms with Gasteiger partial charge in [-0.3, -0.25) is 4.98 Å². The van der Waals surface area contributed by atoms with Crippen molar-refractivity contribution in [2.45, 2.75) is 0 Å². The van der Waals surface area contributed by atoms with Crippen molar-refractivity contribution >= 4 is 11.8 Å². The third kappa shape index (κ3) is 1.83. The number of rotatable bonds is 2. The lowest BCUT2D eigenvalue weighted by molar-refractivity contribution is 1.10. The molecule has 92 valence electrons. The molecule has 1 aromatic rings. The van der Waals surface area contributed by atoms with Gasteiger partial charge in [-0.05, 0) is 18.2 Å². The minimum absolute atomic E-state index is 0.707. The lowest BCUT2D eigenvalue weighted by Gasteiger charge is -2.06. The van der Waals surface area contributed by atoms with E-state index in [1.807, 2.05) is 30.3 Å². The van der Waals surface area contributed by atoms with E-state index in [4.69, 9.17) is 5.73 Å². The van der Waals surface area contributed by atoms with Gasteiger partial charge in [0.25, 0.3) is 0 Å². The average molecular weight is 248 g/mol. The molecule has 3 rings (SSSR count). The van der Waals surface area contributed by atoms with Gasteiger partial charge in [-0.2, -0.15) is 5.10 Å². The largest absolute Gasteiger partial charge is 0.398 e. The lowest BCUT2D eigenvalue weighted by Crippen LogP contribution is -1.90. The van der Waals surface area contributed by atoms with E-state index in [1.165, 1.54) is 0 Å². The zero-order valence-corrected chi connectivity index (χ0v) is 10.2. The molecule has 19 heavy (non-hydrogen) atoms. The van der Waals surface area contributed by atoms with Crippen LogP contribution in [0.4, 0.5) is 5.69 Å². The number of nitrogens with zero attached hydrogens (tertiary/aromatic N) is 3. The summed E-state index contributed by atoms with van der Waals surface area (Å²) >= 11 is 0. The predicted molar refractivity (Wildman–Crippen MR) is 76.4 cm³/mol. The van der Waals surface area contributed by atoms with Gasteiger partial charge in [-0.1, -0.05) is 24.8 Å². The van der Waals surface area contributed by atoms with Gasteiger partial charge >= 0.3 is 0 Å². The number of fused-ring (bicyclic) bond motifs is 1. The predicted octanol–water partition coefficient (Wildman–Crippen LogP) is 2.87. The molecular weight excluding hydrogens is 236 g/mol. The molecule has 2 aliphatic rings. The molecule has 2 aliphatic heterocycles. The number of para-hydroxylation sites is 1. The van der Waals surface area contributed by atoms with E-state index in [1.54, 1.807) is 18.5 Å². The summed E-state index contributed by atoms with van der Waals surface area (Å²) in [6, 6.07) is 9.58. The van der Waals surface area contributed by atoms with Crippen LogP contribution in [0.1, 0.15) is 5.69 Å². The highest BCUT2D eigenvalue weighted by Gasteiger charge is 2.16. The second kappa shape index (κ2) is 4.49. The second-order valence-electron chi connectivity index (χ2n) is 4.14. The highest BCUT2D eigenvalue weighted by atomic mass is 15.1. The molecule has 0 saturated carbocycles. The van der Waals surface area contributed by atoms with Gasteiger partial charge in [0.15, 0.2) is 0 Å². The van der Waals surface area contributed by atoms with Gasteiger partial charge in [-0.25, -0.2) is 0 Å². The van der Waals surface area contributed by atoms with Gasteiger partial charge < -0.3 is 5.73 Å². The van der Waals surface area contributed by atoms with E-state index >= 15 is 0 Å². The summed E-state index contributed by atoms with van der Waals surface area (Å²) in [7, 11) is 0. The van der Waals surface area contributed by atoms with Crippen LogP contribution in [0.3, 0.4) is 0 Å². The first-order chi connectivity index (χ1) is 9.31. The Hall–Kier alpha value is -2.75. The zero-order chi connectivity index (χ0) is 13.2. The third-order valence-corrected chi connectivity index (χ3v) is 3.03. The summed E-state index contributed by atoms with van der Waals surface area (Å²) in [6.45, 7) is 3.77. The number of aromatic nitrogens is 3. The number of anilines is 1. The van der Waals surface area contributed by atoms with Crippen LogP contribution < -0.4 is 5.73 Å². The summed E-state index contributed by atoms with van der Waals surface area (Å²) in [5.74, 6) is 0. The van der Waals surface area contributed by atoms with Crippen molar-refractivity contribution in [3.63, 3.8) is 0 Å². The molecule has 0 unspecified atom stereocenters. The van der Waals surface area contributed by atoms with Crippen molar-refractivity contribution in [1.82, 2.24) is 15.2 Å². The fourth-order valence-electron chi connectivity index (χ4n) is 2.11. The van der Waals surface area contributed by atoms with Crippen LogP contribution >= 0.6 is 0 Å². The molecule has 0 fully saturated rings. The van der Waals surface area contributed by atoms with E-state index in [9.17, 15) is 0 Å². The van der Waals surface area contributed by atoms with Crippen LogP contribution in [0, 0.1) is 0 Å². The second-order valence-corrected chi connectivity index (χ2v) is 4.14. The maximum atomic E-state index is 6.03. The lowest BCUT2D eigenvalue weighted by atomic mass is 10.0. The SMILES string of the molecule is C=Cc1nccc(-c2ccccc2N)c2nncc1-2. The molecule has 0 radical (unpaired) electrons. The summed E-state index contributed by atoms with van der Waals surface area (Å²) in [5.41, 5.74) is 11.0. The molecule has 2 heterocycles. The van der Waals surface area contributed by atoms with Crippen LogP contribution in [0.5, 0.6) is 0 Å². The standard InChI is InChI=1S/C15H12N4/c1-2-14-12-9-18-19-15(12)11(7-8-17-14)10-5-3-4-6-13(10)16/h2-9H,1,16H2. The molecular formula is C15H12N4. The summed E-state index contributed by atoms with van der Waals surface area (Å²) < 4.78 is 0. The van der Waals surface area contributed by atoms with E-state index in [0.29, 0.717) is 5.69 Å². The van der Waals surface area contributed by atoms with E-state index in [0.717, 1.165) is 28.1 Å². The van der Waals surface area contributed by atoms with Gasteiger partial charge in [0.1, 0.15) is 5.69 Å². The van der Waals surface area contributed by atoms with Gasteiger partial charge in [0.2, 0.25) is 0 Å². The molecule has 0 aliphatic carbocycles. The Balaban J connectivity index is 2.31. The molecule has 0 amide bonds. The van der Waals surface area contributed by atoms with E-state index < -0.39 is 0 Å². The number of hydrogen-bond donors (Lipinski definition) is 1. The summed E-state index contributed by atoms with van der Waals surface area (Å²) in [4.78, 5) is 4.34. The molecule has 0 atom stereocenters. The molecule has 4 nitrogen and oxygen atoms in total. The zero-order valence-electron chi connectivity index (χ0n) is 10.2. The molecule has 4 heteroatoms. The maximum Gasteiger partial charge on any atom is 0.105 e. The smallest absolute Gasteiger partial charge is 0.105 e. The Morgan fingerprint density at radius 3 is 2.68 bits per heavy atom. The summed E-state index contributed by atoms with van der Waals surface area (Å²) in [5, 5.41) is 8.17. The van der Waals surface area contributed by atoms with Crippen LogP contribution in [0.15, 0.2) is 49.3 Å². The Morgan fingerprint density at radius 1 is 1.05 bits per heavy atom. The van der Waals surface area contributed by atoms with Crippen LogP contribution in [0.2, 0.25) is 0 Å². The Labute approximate surface area is 111 Å². The molecule has 0 spiro atoms. The Morgan fingerprint density at radius 2 is 1.89 bits per heavy atom. The van der Waals surface area contributed by atoms with Gasteiger partial charge in [0.05, 0.1) is 11.9 Å². The first-order valence-electron chi connectivity index (χ1n) is 5.89. The normalized spacial score (nSPS) is 10.5. The van der Waals surface area contributed by atoms with Crippen LogP contribution in [-0.2, 0) is 0 Å². The maximum absolute atomic E-state index is 6.03. The highest BCUT2D eigenvalue weighted by Crippen LogP contribution is 2.34.